The van der Waals surface area contributed by atoms with Crippen molar-refractivity contribution < 1.29 is 0 Å². The summed E-state index contributed by atoms with van der Waals surface area (Å²) in [6.45, 7) is 4.01. The third-order valence-corrected chi connectivity index (χ3v) is 5.20. The molecule has 1 saturated heterocycles. The van der Waals surface area contributed by atoms with Crippen LogP contribution in [0.25, 0.3) is 0 Å². The first-order valence-corrected chi connectivity index (χ1v) is 8.26. The minimum Gasteiger partial charge on any atom is -0.314 e. The van der Waals surface area contributed by atoms with Gasteiger partial charge in [-0.25, -0.2) is 0 Å². The van der Waals surface area contributed by atoms with Crippen molar-refractivity contribution in [3.63, 3.8) is 0 Å². The van der Waals surface area contributed by atoms with Crippen LogP contribution in [0.15, 0.2) is 0 Å². The zero-order valence-electron chi connectivity index (χ0n) is 12.3. The highest BCUT2D eigenvalue weighted by Crippen LogP contribution is 2.31. The molecule has 2 rings (SSSR count). The Hall–Kier alpha value is -0.0800. The molecule has 2 fully saturated rings. The summed E-state index contributed by atoms with van der Waals surface area (Å²) in [5.41, 5.74) is 0.473. The van der Waals surface area contributed by atoms with Crippen molar-refractivity contribution in [1.82, 2.24) is 10.2 Å². The Labute approximate surface area is 114 Å². The first-order chi connectivity index (χ1) is 8.85. The van der Waals surface area contributed by atoms with E-state index in [4.69, 9.17) is 0 Å². The maximum atomic E-state index is 3.66. The molecule has 1 N–H and O–H groups in total. The Kier molecular flexibility index (Phi) is 5.97. The van der Waals surface area contributed by atoms with Crippen molar-refractivity contribution in [2.75, 3.05) is 26.7 Å². The van der Waals surface area contributed by atoms with E-state index in [0.29, 0.717) is 5.54 Å². The van der Waals surface area contributed by atoms with Crippen LogP contribution >= 0.6 is 0 Å². The fourth-order valence-corrected chi connectivity index (χ4v) is 3.76. The van der Waals surface area contributed by atoms with Gasteiger partial charge < -0.3 is 10.2 Å². The first kappa shape index (κ1) is 14.3. The summed E-state index contributed by atoms with van der Waals surface area (Å²) in [6, 6.07) is 0. The molecule has 0 aromatic heterocycles. The van der Waals surface area contributed by atoms with Crippen LogP contribution in [0.1, 0.15) is 70.6 Å². The molecular formula is C16H32N2. The second kappa shape index (κ2) is 7.49. The maximum Gasteiger partial charge on any atom is 0.0190 e. The van der Waals surface area contributed by atoms with Gasteiger partial charge >= 0.3 is 0 Å². The zero-order valence-corrected chi connectivity index (χ0v) is 12.3. The minimum absolute atomic E-state index is 0.473. The van der Waals surface area contributed by atoms with Gasteiger partial charge in [0, 0.05) is 5.54 Å². The monoisotopic (exact) mass is 252 g/mol. The first-order valence-electron chi connectivity index (χ1n) is 8.26. The smallest absolute Gasteiger partial charge is 0.0190 e. The van der Waals surface area contributed by atoms with E-state index in [-0.39, 0.29) is 0 Å². The Morgan fingerprint density at radius 3 is 2.00 bits per heavy atom. The summed E-state index contributed by atoms with van der Waals surface area (Å²) < 4.78 is 0. The maximum absolute atomic E-state index is 3.66. The highest BCUT2D eigenvalue weighted by atomic mass is 15.1. The fourth-order valence-electron chi connectivity index (χ4n) is 3.76. The standard InChI is InChI=1S/C16H32N2/c1-17-16(10-6-5-7-11-16)12-15-18-13-8-3-2-4-9-14-18/h17H,2-15H2,1H3. The molecule has 1 saturated carbocycles. The van der Waals surface area contributed by atoms with Gasteiger partial charge in [0.25, 0.3) is 0 Å². The van der Waals surface area contributed by atoms with Gasteiger partial charge in [0.15, 0.2) is 0 Å². The van der Waals surface area contributed by atoms with Crippen LogP contribution in [0.5, 0.6) is 0 Å². The van der Waals surface area contributed by atoms with Gasteiger partial charge in [-0.05, 0) is 58.8 Å². The minimum atomic E-state index is 0.473. The molecule has 2 aliphatic rings. The third kappa shape index (κ3) is 4.24. The van der Waals surface area contributed by atoms with Gasteiger partial charge in [-0.15, -0.1) is 0 Å². The van der Waals surface area contributed by atoms with E-state index in [1.165, 1.54) is 90.3 Å². The Morgan fingerprint density at radius 1 is 0.833 bits per heavy atom. The Balaban J connectivity index is 1.76. The van der Waals surface area contributed by atoms with Gasteiger partial charge in [0.05, 0.1) is 0 Å². The summed E-state index contributed by atoms with van der Waals surface area (Å²) in [4.78, 5) is 2.73. The molecule has 0 unspecified atom stereocenters. The predicted octanol–water partition coefficient (Wildman–Crippen LogP) is 3.56. The molecule has 0 aromatic rings. The van der Waals surface area contributed by atoms with Crippen LogP contribution in [0.4, 0.5) is 0 Å². The molecule has 2 heteroatoms. The number of nitrogens with one attached hydrogen (secondary N) is 1. The van der Waals surface area contributed by atoms with Gasteiger partial charge in [0.1, 0.15) is 0 Å². The molecule has 2 nitrogen and oxygen atoms in total. The van der Waals surface area contributed by atoms with Crippen molar-refractivity contribution in [1.29, 1.82) is 0 Å². The molecule has 106 valence electrons. The van der Waals surface area contributed by atoms with Crippen LogP contribution in [0.2, 0.25) is 0 Å². The molecule has 0 bridgehead atoms. The molecule has 0 radical (unpaired) electrons. The van der Waals surface area contributed by atoms with Crippen molar-refractivity contribution in [3.05, 3.63) is 0 Å². The summed E-state index contributed by atoms with van der Waals surface area (Å²) in [5.74, 6) is 0. The lowest BCUT2D eigenvalue weighted by Crippen LogP contribution is -2.47. The third-order valence-electron chi connectivity index (χ3n) is 5.20. The zero-order chi connectivity index (χ0) is 12.7. The summed E-state index contributed by atoms with van der Waals surface area (Å²) in [5, 5.41) is 3.66. The number of rotatable bonds is 4. The normalized spacial score (nSPS) is 26.5. The molecule has 1 aliphatic heterocycles. The molecule has 1 aliphatic carbocycles. The van der Waals surface area contributed by atoms with E-state index in [2.05, 4.69) is 17.3 Å². The Bertz CT molecular complexity index is 213. The van der Waals surface area contributed by atoms with Crippen LogP contribution in [-0.2, 0) is 0 Å². The van der Waals surface area contributed by atoms with Gasteiger partial charge in [0.2, 0.25) is 0 Å². The van der Waals surface area contributed by atoms with Crippen molar-refractivity contribution in [3.8, 4) is 0 Å². The SMILES string of the molecule is CNC1(CCN2CCCCCCC2)CCCCC1. The topological polar surface area (TPSA) is 15.3 Å². The van der Waals surface area contributed by atoms with Gasteiger partial charge in [-0.3, -0.25) is 0 Å². The summed E-state index contributed by atoms with van der Waals surface area (Å²) in [7, 11) is 2.18. The average molecular weight is 252 g/mol. The van der Waals surface area contributed by atoms with E-state index in [1.54, 1.807) is 0 Å². The number of hydrogen-bond acceptors (Lipinski definition) is 2. The number of nitrogens with zero attached hydrogens (tertiary/aromatic N) is 1. The quantitative estimate of drug-likeness (QED) is 0.823. The lowest BCUT2D eigenvalue weighted by Gasteiger charge is -2.39. The van der Waals surface area contributed by atoms with Crippen molar-refractivity contribution >= 4 is 0 Å². The van der Waals surface area contributed by atoms with Crippen LogP contribution in [0.3, 0.4) is 0 Å². The number of hydrogen-bond donors (Lipinski definition) is 1. The molecule has 0 atom stereocenters. The largest absolute Gasteiger partial charge is 0.314 e. The fraction of sp³-hybridized carbons (Fsp3) is 1.00. The van der Waals surface area contributed by atoms with Gasteiger partial charge in [-0.1, -0.05) is 38.5 Å². The van der Waals surface area contributed by atoms with Crippen LogP contribution in [-0.4, -0.2) is 37.1 Å². The number of likely N-dealkylation sites (tertiary alicyclic amines) is 1. The van der Waals surface area contributed by atoms with E-state index in [9.17, 15) is 0 Å². The molecule has 18 heavy (non-hydrogen) atoms. The lowest BCUT2D eigenvalue weighted by atomic mass is 9.79. The van der Waals surface area contributed by atoms with Crippen molar-refractivity contribution in [2.24, 2.45) is 0 Å². The van der Waals surface area contributed by atoms with E-state index >= 15 is 0 Å². The highest BCUT2D eigenvalue weighted by Gasteiger charge is 2.30. The lowest BCUT2D eigenvalue weighted by molar-refractivity contribution is 0.174. The van der Waals surface area contributed by atoms with E-state index in [0.717, 1.165) is 0 Å². The Morgan fingerprint density at radius 2 is 1.39 bits per heavy atom. The summed E-state index contributed by atoms with van der Waals surface area (Å²) >= 11 is 0. The van der Waals surface area contributed by atoms with E-state index in [1.807, 2.05) is 0 Å². The van der Waals surface area contributed by atoms with Gasteiger partial charge in [-0.2, -0.15) is 0 Å². The van der Waals surface area contributed by atoms with E-state index < -0.39 is 0 Å². The molecule has 0 amide bonds. The molecule has 0 aromatic carbocycles. The molecule has 0 spiro atoms. The second-order valence-electron chi connectivity index (χ2n) is 6.45. The summed E-state index contributed by atoms with van der Waals surface area (Å²) in [6.07, 6.45) is 15.7. The van der Waals surface area contributed by atoms with Crippen molar-refractivity contribution in [2.45, 2.75) is 76.2 Å². The molecular weight excluding hydrogens is 220 g/mol. The molecule has 1 heterocycles. The predicted molar refractivity (Wildman–Crippen MR) is 79.0 cm³/mol. The van der Waals surface area contributed by atoms with Crippen LogP contribution < -0.4 is 5.32 Å². The second-order valence-corrected chi connectivity index (χ2v) is 6.45. The van der Waals surface area contributed by atoms with Crippen LogP contribution in [0, 0.1) is 0 Å². The highest BCUT2D eigenvalue weighted by molar-refractivity contribution is 4.90. The average Bonchev–Trinajstić information content (AvgIpc) is 2.38.